The fraction of sp³-hybridized carbons (Fsp3) is 0.304. The molecule has 0 saturated carbocycles. The minimum atomic E-state index is -5.08. The van der Waals surface area contributed by atoms with Crippen molar-refractivity contribution in [2.75, 3.05) is 12.0 Å². The maximum Gasteiger partial charge on any atom is 0.423 e. The van der Waals surface area contributed by atoms with Gasteiger partial charge in [0.1, 0.15) is 17.1 Å². The van der Waals surface area contributed by atoms with Crippen LogP contribution >= 0.6 is 0 Å². The second kappa shape index (κ2) is 8.45. The van der Waals surface area contributed by atoms with Gasteiger partial charge in [-0.3, -0.25) is 0 Å². The van der Waals surface area contributed by atoms with E-state index in [1.54, 1.807) is 41.1 Å². The predicted molar refractivity (Wildman–Crippen MR) is 120 cm³/mol. The first-order valence-corrected chi connectivity index (χ1v) is 12.6. The molecule has 0 aliphatic rings. The van der Waals surface area contributed by atoms with Crippen molar-refractivity contribution in [2.45, 2.75) is 30.7 Å². The maximum absolute atomic E-state index is 15.3. The number of aliphatic hydroxyl groups is 1. The smallest absolute Gasteiger partial charge is 0.375 e. The Morgan fingerprint density at radius 2 is 1.77 bits per heavy atom. The van der Waals surface area contributed by atoms with E-state index in [-0.39, 0.29) is 11.1 Å². The Labute approximate surface area is 198 Å². The Morgan fingerprint density at radius 1 is 1.06 bits per heavy atom. The average Bonchev–Trinajstić information content (AvgIpc) is 3.45. The minimum absolute atomic E-state index is 0.134. The van der Waals surface area contributed by atoms with Crippen LogP contribution in [0, 0.1) is 5.82 Å². The van der Waals surface area contributed by atoms with Crippen LogP contribution < -0.4 is 0 Å². The molecule has 2 atom stereocenters. The fourth-order valence-electron chi connectivity index (χ4n) is 4.27. The topological polar surface area (TPSA) is 89.5 Å². The highest BCUT2D eigenvalue weighted by Crippen LogP contribution is 2.42. The monoisotopic (exact) mass is 510 g/mol. The molecule has 0 aliphatic carbocycles. The Morgan fingerprint density at radius 3 is 2.40 bits per heavy atom. The molecule has 186 valence electrons. The molecule has 0 aliphatic heterocycles. The van der Waals surface area contributed by atoms with Crippen molar-refractivity contribution in [1.82, 2.24) is 19.4 Å². The van der Waals surface area contributed by atoms with E-state index in [0.29, 0.717) is 5.52 Å². The maximum atomic E-state index is 15.3. The lowest BCUT2D eigenvalue weighted by Crippen LogP contribution is -2.44. The van der Waals surface area contributed by atoms with Gasteiger partial charge in [0.2, 0.25) is 5.60 Å². The van der Waals surface area contributed by atoms with Crippen molar-refractivity contribution < 1.29 is 31.1 Å². The van der Waals surface area contributed by atoms with Crippen molar-refractivity contribution >= 4 is 15.4 Å². The quantitative estimate of drug-likeness (QED) is 0.384. The average molecular weight is 511 g/mol. The van der Waals surface area contributed by atoms with Crippen molar-refractivity contribution in [3.63, 3.8) is 0 Å². The molecule has 2 unspecified atom stereocenters. The highest BCUT2D eigenvalue weighted by Gasteiger charge is 2.56. The molecule has 1 N–H and O–H groups in total. The number of fused-ring (bicyclic) bond motifs is 1. The molecule has 7 nitrogen and oxygen atoms in total. The number of pyridine rings is 1. The molecule has 0 amide bonds. The summed E-state index contributed by atoms with van der Waals surface area (Å²) < 4.78 is 84.5. The lowest BCUT2D eigenvalue weighted by Gasteiger charge is -2.35. The SMILES string of the molecule is CCC(O)(c1cn(C(CS(C)(=O)=O)(c2ccn3cccc3c2)c2ccccc2F)nn1)C(F)(F)F. The molecule has 4 rings (SSSR count). The van der Waals surface area contributed by atoms with Crippen molar-refractivity contribution in [2.24, 2.45) is 0 Å². The molecule has 0 fully saturated rings. The molecule has 0 bridgehead atoms. The second-order valence-electron chi connectivity index (χ2n) is 8.43. The molecule has 0 radical (unpaired) electrons. The Kier molecular flexibility index (Phi) is 6.00. The van der Waals surface area contributed by atoms with Gasteiger partial charge in [-0.2, -0.15) is 13.2 Å². The number of nitrogens with zero attached hydrogens (tertiary/aromatic N) is 4. The van der Waals surface area contributed by atoms with E-state index in [1.807, 2.05) is 0 Å². The Hall–Kier alpha value is -3.25. The summed E-state index contributed by atoms with van der Waals surface area (Å²) in [5, 5.41) is 17.8. The number of hydrogen-bond acceptors (Lipinski definition) is 5. The highest BCUT2D eigenvalue weighted by molar-refractivity contribution is 7.90. The van der Waals surface area contributed by atoms with Crippen LogP contribution in [0.3, 0.4) is 0 Å². The predicted octanol–water partition coefficient (Wildman–Crippen LogP) is 3.67. The molecule has 0 spiro atoms. The second-order valence-corrected chi connectivity index (χ2v) is 10.6. The molecule has 35 heavy (non-hydrogen) atoms. The first-order valence-electron chi connectivity index (χ1n) is 10.5. The van der Waals surface area contributed by atoms with Gasteiger partial charge in [0.05, 0.1) is 11.9 Å². The van der Waals surface area contributed by atoms with Gasteiger partial charge in [-0.1, -0.05) is 30.3 Å². The summed E-state index contributed by atoms with van der Waals surface area (Å²) >= 11 is 0. The third-order valence-electron chi connectivity index (χ3n) is 6.09. The van der Waals surface area contributed by atoms with Gasteiger partial charge in [-0.15, -0.1) is 5.10 Å². The van der Waals surface area contributed by atoms with E-state index in [4.69, 9.17) is 0 Å². The molecule has 4 aromatic rings. The number of sulfone groups is 1. The molecular weight excluding hydrogens is 488 g/mol. The van der Waals surface area contributed by atoms with Crippen molar-refractivity contribution in [3.05, 3.63) is 89.8 Å². The lowest BCUT2D eigenvalue weighted by molar-refractivity contribution is -0.269. The Bertz CT molecular complexity index is 1480. The fourth-order valence-corrected chi connectivity index (χ4v) is 5.48. The van der Waals surface area contributed by atoms with Crippen molar-refractivity contribution in [3.8, 4) is 0 Å². The Balaban J connectivity index is 2.08. The summed E-state index contributed by atoms with van der Waals surface area (Å²) in [6, 6.07) is 12.0. The van der Waals surface area contributed by atoms with E-state index in [1.165, 1.54) is 18.2 Å². The van der Waals surface area contributed by atoms with Crippen LogP contribution in [0.1, 0.15) is 30.2 Å². The van der Waals surface area contributed by atoms with Crippen LogP contribution in [0.15, 0.2) is 67.1 Å². The van der Waals surface area contributed by atoms with Gasteiger partial charge in [0.25, 0.3) is 0 Å². The van der Waals surface area contributed by atoms with Crippen LogP contribution in [0.25, 0.3) is 5.52 Å². The molecule has 0 saturated heterocycles. The largest absolute Gasteiger partial charge is 0.423 e. The summed E-state index contributed by atoms with van der Waals surface area (Å²) in [5.74, 6) is -1.53. The van der Waals surface area contributed by atoms with Crippen LogP contribution in [-0.2, 0) is 21.0 Å². The normalized spacial score (nSPS) is 16.2. The first kappa shape index (κ1) is 24.9. The number of hydrogen-bond donors (Lipinski definition) is 1. The van der Waals surface area contributed by atoms with E-state index in [2.05, 4.69) is 10.3 Å². The third-order valence-corrected chi connectivity index (χ3v) is 7.03. The highest BCUT2D eigenvalue weighted by atomic mass is 32.2. The molecular formula is C23H22F4N4O3S. The summed E-state index contributed by atoms with van der Waals surface area (Å²) in [4.78, 5) is 0. The van der Waals surface area contributed by atoms with Gasteiger partial charge in [-0.25, -0.2) is 17.5 Å². The van der Waals surface area contributed by atoms with Gasteiger partial charge < -0.3 is 9.51 Å². The summed E-state index contributed by atoms with van der Waals surface area (Å²) in [7, 11) is -3.89. The van der Waals surface area contributed by atoms with Gasteiger partial charge in [0, 0.05) is 29.7 Å². The summed E-state index contributed by atoms with van der Waals surface area (Å²) in [5.41, 5.74) is -5.34. The zero-order valence-electron chi connectivity index (χ0n) is 18.7. The third kappa shape index (κ3) is 4.20. The number of alkyl halides is 3. The molecule has 12 heteroatoms. The minimum Gasteiger partial charge on any atom is -0.375 e. The first-order chi connectivity index (χ1) is 16.3. The van der Waals surface area contributed by atoms with Gasteiger partial charge >= 0.3 is 6.18 Å². The van der Waals surface area contributed by atoms with E-state index < -0.39 is 50.8 Å². The van der Waals surface area contributed by atoms with E-state index in [9.17, 15) is 26.7 Å². The number of aromatic nitrogens is 4. The van der Waals surface area contributed by atoms with Gasteiger partial charge in [0.15, 0.2) is 9.84 Å². The molecule has 3 heterocycles. The van der Waals surface area contributed by atoms with Crippen LogP contribution in [0.5, 0.6) is 0 Å². The van der Waals surface area contributed by atoms with Gasteiger partial charge in [-0.05, 0) is 42.3 Å². The number of rotatable bonds is 7. The zero-order valence-corrected chi connectivity index (χ0v) is 19.6. The molecule has 3 aromatic heterocycles. The summed E-state index contributed by atoms with van der Waals surface area (Å²) in [6.07, 6.45) is -0.697. The van der Waals surface area contributed by atoms with E-state index >= 15 is 4.39 Å². The lowest BCUT2D eigenvalue weighted by atomic mass is 9.84. The standard InChI is InChI=1S/C23H22F4N4O3S/c1-3-22(32,23(25,26)27)20-14-31(29-28-20)21(15-35(2,33)34,18-8-4-5-9-19(18)24)16-10-12-30-11-6-7-17(30)13-16/h4-14,32H,3,15H2,1-2H3. The zero-order chi connectivity index (χ0) is 25.6. The van der Waals surface area contributed by atoms with Crippen LogP contribution in [-0.4, -0.2) is 51.1 Å². The van der Waals surface area contributed by atoms with Crippen molar-refractivity contribution in [1.29, 1.82) is 0 Å². The number of halogens is 4. The summed E-state index contributed by atoms with van der Waals surface area (Å²) in [6.45, 7) is 1.13. The van der Waals surface area contributed by atoms with Crippen LogP contribution in [0.4, 0.5) is 17.6 Å². The van der Waals surface area contributed by atoms with E-state index in [0.717, 1.165) is 30.1 Å². The molecule has 1 aromatic carbocycles. The van der Waals surface area contributed by atoms with Crippen LogP contribution in [0.2, 0.25) is 0 Å². The number of benzene rings is 1.